The van der Waals surface area contributed by atoms with Crippen LogP contribution >= 0.6 is 0 Å². The van der Waals surface area contributed by atoms with Gasteiger partial charge in [-0.1, -0.05) is 0 Å². The quantitative estimate of drug-likeness (QED) is 0.855. The van der Waals surface area contributed by atoms with Crippen molar-refractivity contribution in [1.82, 2.24) is 10.2 Å². The van der Waals surface area contributed by atoms with Crippen LogP contribution in [0.2, 0.25) is 0 Å². The summed E-state index contributed by atoms with van der Waals surface area (Å²) in [5.41, 5.74) is 3.38. The Morgan fingerprint density at radius 2 is 2.25 bits per heavy atom. The van der Waals surface area contributed by atoms with E-state index in [9.17, 15) is 0 Å². The van der Waals surface area contributed by atoms with Crippen molar-refractivity contribution < 1.29 is 4.42 Å². The Morgan fingerprint density at radius 3 is 2.88 bits per heavy atom. The monoisotopic (exact) mass is 215 g/mol. The van der Waals surface area contributed by atoms with Gasteiger partial charge in [0, 0.05) is 17.3 Å². The van der Waals surface area contributed by atoms with Crippen molar-refractivity contribution in [3.63, 3.8) is 0 Å². The highest BCUT2D eigenvalue weighted by Gasteiger charge is 2.21. The molecule has 0 radical (unpaired) electrons. The van der Waals surface area contributed by atoms with Crippen LogP contribution in [-0.4, -0.2) is 16.2 Å². The van der Waals surface area contributed by atoms with Gasteiger partial charge in [-0.3, -0.25) is 0 Å². The van der Waals surface area contributed by atoms with Gasteiger partial charge in [-0.15, -0.1) is 10.2 Å². The molecular weight excluding hydrogens is 202 g/mol. The maximum absolute atomic E-state index is 5.17. The molecule has 0 saturated heterocycles. The number of benzene rings is 1. The molecule has 4 heteroatoms. The summed E-state index contributed by atoms with van der Waals surface area (Å²) in [6, 6.07) is 6.82. The lowest BCUT2D eigenvalue weighted by atomic mass is 10.1. The van der Waals surface area contributed by atoms with E-state index in [0.717, 1.165) is 5.56 Å². The van der Waals surface area contributed by atoms with Gasteiger partial charge < -0.3 is 9.73 Å². The van der Waals surface area contributed by atoms with Gasteiger partial charge in [0.2, 0.25) is 12.3 Å². The van der Waals surface area contributed by atoms with Crippen molar-refractivity contribution >= 4 is 5.69 Å². The molecule has 1 aromatic carbocycles. The number of nitrogens with one attached hydrogen (secondary N) is 1. The SMILES string of the molecule is Cc1cc(-c2nnco2)ccc1NC1CC1. The lowest BCUT2D eigenvalue weighted by Gasteiger charge is -2.08. The maximum Gasteiger partial charge on any atom is 0.247 e. The van der Waals surface area contributed by atoms with Crippen molar-refractivity contribution in [1.29, 1.82) is 0 Å². The molecule has 0 spiro atoms. The Balaban J connectivity index is 1.89. The van der Waals surface area contributed by atoms with Crippen LogP contribution in [0.3, 0.4) is 0 Å². The molecule has 1 heterocycles. The highest BCUT2D eigenvalue weighted by atomic mass is 16.4. The van der Waals surface area contributed by atoms with Gasteiger partial charge in [-0.2, -0.15) is 0 Å². The molecule has 1 saturated carbocycles. The zero-order valence-corrected chi connectivity index (χ0v) is 9.10. The molecule has 1 aliphatic rings. The van der Waals surface area contributed by atoms with E-state index in [4.69, 9.17) is 4.42 Å². The first kappa shape index (κ1) is 9.39. The van der Waals surface area contributed by atoms with Gasteiger partial charge in [0.05, 0.1) is 0 Å². The minimum absolute atomic E-state index is 0.570. The summed E-state index contributed by atoms with van der Waals surface area (Å²) >= 11 is 0. The molecule has 1 fully saturated rings. The minimum atomic E-state index is 0.570. The molecular formula is C12H13N3O. The van der Waals surface area contributed by atoms with Crippen LogP contribution in [0, 0.1) is 6.92 Å². The summed E-state index contributed by atoms with van der Waals surface area (Å²) in [4.78, 5) is 0. The predicted octanol–water partition coefficient (Wildman–Crippen LogP) is 2.62. The molecule has 0 unspecified atom stereocenters. The van der Waals surface area contributed by atoms with Crippen molar-refractivity contribution in [2.24, 2.45) is 0 Å². The van der Waals surface area contributed by atoms with E-state index in [2.05, 4.69) is 34.6 Å². The summed E-state index contributed by atoms with van der Waals surface area (Å²) in [6.07, 6.45) is 3.91. The number of aryl methyl sites for hydroxylation is 1. The highest BCUT2D eigenvalue weighted by Crippen LogP contribution is 2.28. The number of hydrogen-bond donors (Lipinski definition) is 1. The highest BCUT2D eigenvalue weighted by molar-refractivity contribution is 5.62. The molecule has 1 aromatic heterocycles. The van der Waals surface area contributed by atoms with Gasteiger partial charge >= 0.3 is 0 Å². The van der Waals surface area contributed by atoms with Crippen molar-refractivity contribution in [3.8, 4) is 11.5 Å². The maximum atomic E-state index is 5.17. The lowest BCUT2D eigenvalue weighted by Crippen LogP contribution is -2.02. The van der Waals surface area contributed by atoms with Crippen LogP contribution in [0.4, 0.5) is 5.69 Å². The smallest absolute Gasteiger partial charge is 0.247 e. The third-order valence-electron chi connectivity index (χ3n) is 2.77. The number of rotatable bonds is 3. The fourth-order valence-electron chi connectivity index (χ4n) is 1.71. The molecule has 1 aliphatic carbocycles. The largest absolute Gasteiger partial charge is 0.423 e. The van der Waals surface area contributed by atoms with Crippen LogP contribution in [0.1, 0.15) is 18.4 Å². The second kappa shape index (κ2) is 3.63. The first-order valence-electron chi connectivity index (χ1n) is 5.46. The van der Waals surface area contributed by atoms with Crippen LogP contribution in [0.15, 0.2) is 29.0 Å². The van der Waals surface area contributed by atoms with E-state index in [1.165, 1.54) is 30.5 Å². The van der Waals surface area contributed by atoms with Gasteiger partial charge in [0.1, 0.15) is 0 Å². The fraction of sp³-hybridized carbons (Fsp3) is 0.333. The van der Waals surface area contributed by atoms with E-state index < -0.39 is 0 Å². The summed E-state index contributed by atoms with van der Waals surface area (Å²) in [6.45, 7) is 2.09. The van der Waals surface area contributed by atoms with E-state index in [-0.39, 0.29) is 0 Å². The standard InChI is InChI=1S/C12H13N3O/c1-8-6-9(12-15-13-7-16-12)2-5-11(8)14-10-3-4-10/h2,5-7,10,14H,3-4H2,1H3. The second-order valence-electron chi connectivity index (χ2n) is 4.19. The number of hydrogen-bond acceptors (Lipinski definition) is 4. The molecule has 82 valence electrons. The van der Waals surface area contributed by atoms with E-state index in [1.807, 2.05) is 6.07 Å². The van der Waals surface area contributed by atoms with Crippen LogP contribution in [0.5, 0.6) is 0 Å². The molecule has 1 N–H and O–H groups in total. The molecule has 0 aliphatic heterocycles. The van der Waals surface area contributed by atoms with Crippen LogP contribution in [0.25, 0.3) is 11.5 Å². The Bertz CT molecular complexity index is 489. The molecule has 2 aromatic rings. The third-order valence-corrected chi connectivity index (χ3v) is 2.77. The lowest BCUT2D eigenvalue weighted by molar-refractivity contribution is 0.568. The van der Waals surface area contributed by atoms with E-state index >= 15 is 0 Å². The zero-order chi connectivity index (χ0) is 11.0. The molecule has 3 rings (SSSR count). The topological polar surface area (TPSA) is 51.0 Å². The number of aromatic nitrogens is 2. The minimum Gasteiger partial charge on any atom is -0.423 e. The van der Waals surface area contributed by atoms with Crippen LogP contribution in [-0.2, 0) is 0 Å². The Morgan fingerprint density at radius 1 is 1.38 bits per heavy atom. The average molecular weight is 215 g/mol. The van der Waals surface area contributed by atoms with Gasteiger partial charge in [0.25, 0.3) is 0 Å². The summed E-state index contributed by atoms with van der Waals surface area (Å²) in [5, 5.41) is 11.1. The van der Waals surface area contributed by atoms with Crippen LogP contribution < -0.4 is 5.32 Å². The van der Waals surface area contributed by atoms with Gasteiger partial charge in [0.15, 0.2) is 0 Å². The summed E-state index contributed by atoms with van der Waals surface area (Å²) in [7, 11) is 0. The van der Waals surface area contributed by atoms with E-state index in [0.29, 0.717) is 11.9 Å². The Hall–Kier alpha value is -1.84. The van der Waals surface area contributed by atoms with E-state index in [1.54, 1.807) is 0 Å². The van der Waals surface area contributed by atoms with Crippen molar-refractivity contribution in [3.05, 3.63) is 30.2 Å². The predicted molar refractivity (Wildman–Crippen MR) is 61.1 cm³/mol. The van der Waals surface area contributed by atoms with Crippen molar-refractivity contribution in [2.75, 3.05) is 5.32 Å². The molecule has 4 nitrogen and oxygen atoms in total. The first-order valence-corrected chi connectivity index (χ1v) is 5.46. The Labute approximate surface area is 93.7 Å². The third kappa shape index (κ3) is 1.78. The fourth-order valence-corrected chi connectivity index (χ4v) is 1.71. The molecule has 16 heavy (non-hydrogen) atoms. The molecule has 0 bridgehead atoms. The summed E-state index contributed by atoms with van der Waals surface area (Å²) in [5.74, 6) is 0.570. The number of anilines is 1. The first-order chi connectivity index (χ1) is 7.83. The Kier molecular flexibility index (Phi) is 2.13. The summed E-state index contributed by atoms with van der Waals surface area (Å²) < 4.78 is 5.17. The second-order valence-corrected chi connectivity index (χ2v) is 4.19. The van der Waals surface area contributed by atoms with Crippen molar-refractivity contribution in [2.45, 2.75) is 25.8 Å². The normalized spacial score (nSPS) is 15.1. The van der Waals surface area contributed by atoms with Gasteiger partial charge in [-0.25, -0.2) is 0 Å². The zero-order valence-electron chi connectivity index (χ0n) is 9.10. The molecule has 0 amide bonds. The van der Waals surface area contributed by atoms with Gasteiger partial charge in [-0.05, 0) is 43.5 Å². The molecule has 0 atom stereocenters. The number of nitrogens with zero attached hydrogens (tertiary/aromatic N) is 2. The average Bonchev–Trinajstić information content (AvgIpc) is 2.94.